The van der Waals surface area contributed by atoms with Crippen LogP contribution in [0.25, 0.3) is 0 Å². The van der Waals surface area contributed by atoms with Crippen molar-refractivity contribution in [2.24, 2.45) is 0 Å². The van der Waals surface area contributed by atoms with E-state index in [4.69, 9.17) is 0 Å². The molecule has 0 aliphatic heterocycles. The summed E-state index contributed by atoms with van der Waals surface area (Å²) in [6, 6.07) is 16.6. The summed E-state index contributed by atoms with van der Waals surface area (Å²) >= 11 is 0. The number of hydrogen-bond donors (Lipinski definition) is 2. The van der Waals surface area contributed by atoms with Crippen LogP contribution in [0.4, 0.5) is 4.39 Å². The smallest absolute Gasteiger partial charge is 0.253 e. The highest BCUT2D eigenvalue weighted by Gasteiger charge is 2.22. The maximum atomic E-state index is 13.9. The molecule has 0 radical (unpaired) electrons. The largest absolute Gasteiger partial charge is 0.370 e. The SMILES string of the molecule is O=C(N[C@@H](O)[C@H](F)c1ccccc1)c1ccccc1. The van der Waals surface area contributed by atoms with Gasteiger partial charge in [-0.2, -0.15) is 0 Å². The van der Waals surface area contributed by atoms with Crippen LogP contribution in [-0.2, 0) is 0 Å². The first-order valence-corrected chi connectivity index (χ1v) is 5.91. The maximum Gasteiger partial charge on any atom is 0.253 e. The van der Waals surface area contributed by atoms with Crippen LogP contribution in [0, 0.1) is 0 Å². The molecule has 0 aromatic heterocycles. The summed E-state index contributed by atoms with van der Waals surface area (Å²) in [5.41, 5.74) is 0.699. The molecule has 4 heteroatoms. The van der Waals surface area contributed by atoms with Gasteiger partial charge in [-0.3, -0.25) is 4.79 Å². The second-order valence-electron chi connectivity index (χ2n) is 4.10. The van der Waals surface area contributed by atoms with Crippen LogP contribution in [-0.4, -0.2) is 17.2 Å². The molecule has 1 amide bonds. The normalized spacial score (nSPS) is 13.6. The Morgan fingerprint density at radius 1 is 1.00 bits per heavy atom. The Balaban J connectivity index is 2.02. The summed E-state index contributed by atoms with van der Waals surface area (Å²) in [5, 5.41) is 11.9. The van der Waals surface area contributed by atoms with Gasteiger partial charge in [0.15, 0.2) is 12.4 Å². The number of aliphatic hydroxyl groups is 1. The van der Waals surface area contributed by atoms with Crippen molar-refractivity contribution in [3.05, 3.63) is 71.8 Å². The first-order chi connectivity index (χ1) is 9.18. The third-order valence-electron chi connectivity index (χ3n) is 2.71. The number of amides is 1. The van der Waals surface area contributed by atoms with Crippen molar-refractivity contribution in [3.8, 4) is 0 Å². The van der Waals surface area contributed by atoms with Crippen LogP contribution < -0.4 is 5.32 Å². The lowest BCUT2D eigenvalue weighted by molar-refractivity contribution is 0.0421. The molecule has 2 rings (SSSR count). The molecular formula is C15H14FNO2. The van der Waals surface area contributed by atoms with Crippen molar-refractivity contribution >= 4 is 5.91 Å². The van der Waals surface area contributed by atoms with E-state index in [0.29, 0.717) is 11.1 Å². The van der Waals surface area contributed by atoms with Crippen molar-refractivity contribution in [1.82, 2.24) is 5.32 Å². The van der Waals surface area contributed by atoms with Gasteiger partial charge in [-0.15, -0.1) is 0 Å². The van der Waals surface area contributed by atoms with Gasteiger partial charge in [-0.1, -0.05) is 48.5 Å². The van der Waals surface area contributed by atoms with E-state index in [-0.39, 0.29) is 0 Å². The van der Waals surface area contributed by atoms with Gasteiger partial charge in [0, 0.05) is 5.56 Å². The number of carbonyl (C=O) groups is 1. The van der Waals surface area contributed by atoms with Crippen LogP contribution in [0.2, 0.25) is 0 Å². The Morgan fingerprint density at radius 3 is 2.11 bits per heavy atom. The molecule has 0 aliphatic rings. The van der Waals surface area contributed by atoms with E-state index in [1.807, 2.05) is 0 Å². The highest BCUT2D eigenvalue weighted by Crippen LogP contribution is 2.19. The molecule has 3 nitrogen and oxygen atoms in total. The first kappa shape index (κ1) is 13.2. The van der Waals surface area contributed by atoms with Crippen molar-refractivity contribution < 1.29 is 14.3 Å². The van der Waals surface area contributed by atoms with Crippen molar-refractivity contribution in [3.63, 3.8) is 0 Å². The van der Waals surface area contributed by atoms with Gasteiger partial charge in [0.25, 0.3) is 5.91 Å². The summed E-state index contributed by atoms with van der Waals surface area (Å²) in [6.45, 7) is 0. The van der Waals surface area contributed by atoms with Gasteiger partial charge >= 0.3 is 0 Å². The predicted molar refractivity (Wildman–Crippen MR) is 70.2 cm³/mol. The van der Waals surface area contributed by atoms with Crippen LogP contribution in [0.3, 0.4) is 0 Å². The monoisotopic (exact) mass is 259 g/mol. The number of aliphatic hydroxyl groups excluding tert-OH is 1. The fourth-order valence-electron chi connectivity index (χ4n) is 1.70. The van der Waals surface area contributed by atoms with Crippen LogP contribution in [0.1, 0.15) is 22.1 Å². The second kappa shape index (κ2) is 6.11. The quantitative estimate of drug-likeness (QED) is 0.829. The van der Waals surface area contributed by atoms with E-state index in [1.165, 1.54) is 0 Å². The molecule has 2 aromatic rings. The van der Waals surface area contributed by atoms with Gasteiger partial charge in [0.2, 0.25) is 0 Å². The van der Waals surface area contributed by atoms with Crippen LogP contribution >= 0.6 is 0 Å². The van der Waals surface area contributed by atoms with Gasteiger partial charge in [0.1, 0.15) is 0 Å². The van der Waals surface area contributed by atoms with Crippen molar-refractivity contribution in [2.75, 3.05) is 0 Å². The molecule has 0 unspecified atom stereocenters. The second-order valence-corrected chi connectivity index (χ2v) is 4.10. The number of alkyl halides is 1. The van der Waals surface area contributed by atoms with E-state index < -0.39 is 18.3 Å². The minimum atomic E-state index is -1.66. The summed E-state index contributed by atoms with van der Waals surface area (Å²) in [6.07, 6.45) is -3.23. The minimum Gasteiger partial charge on any atom is -0.370 e. The van der Waals surface area contributed by atoms with Crippen molar-refractivity contribution in [2.45, 2.75) is 12.4 Å². The van der Waals surface area contributed by atoms with E-state index in [2.05, 4.69) is 5.32 Å². The number of carbonyl (C=O) groups excluding carboxylic acids is 1. The molecule has 2 aromatic carbocycles. The highest BCUT2D eigenvalue weighted by atomic mass is 19.1. The Bertz CT molecular complexity index is 530. The highest BCUT2D eigenvalue weighted by molar-refractivity contribution is 5.94. The van der Waals surface area contributed by atoms with Gasteiger partial charge in [0.05, 0.1) is 0 Å². The number of nitrogens with one attached hydrogen (secondary N) is 1. The van der Waals surface area contributed by atoms with E-state index in [1.54, 1.807) is 60.7 Å². The number of rotatable bonds is 4. The van der Waals surface area contributed by atoms with E-state index >= 15 is 0 Å². The molecule has 0 fully saturated rings. The van der Waals surface area contributed by atoms with E-state index in [0.717, 1.165) is 0 Å². The lowest BCUT2D eigenvalue weighted by Crippen LogP contribution is -2.37. The van der Waals surface area contributed by atoms with Crippen LogP contribution in [0.15, 0.2) is 60.7 Å². The Kier molecular flexibility index (Phi) is 4.26. The van der Waals surface area contributed by atoms with Gasteiger partial charge < -0.3 is 10.4 Å². The molecule has 0 spiro atoms. The predicted octanol–water partition coefficient (Wildman–Crippen LogP) is 2.45. The lowest BCUT2D eigenvalue weighted by Gasteiger charge is -2.17. The zero-order valence-corrected chi connectivity index (χ0v) is 10.2. The standard InChI is InChI=1S/C15H14FNO2/c16-13(11-7-3-1-4-8-11)15(19)17-14(18)12-9-5-2-6-10-12/h1-10,13,15,19H,(H,17,18)/t13-,15+/m1/s1. The number of hydrogen-bond acceptors (Lipinski definition) is 2. The number of halogens is 1. The fraction of sp³-hybridized carbons (Fsp3) is 0.133. The van der Waals surface area contributed by atoms with Gasteiger partial charge in [-0.05, 0) is 17.7 Å². The third-order valence-corrected chi connectivity index (χ3v) is 2.71. The topological polar surface area (TPSA) is 49.3 Å². The summed E-state index contributed by atoms with van der Waals surface area (Å²) < 4.78 is 13.9. The third kappa shape index (κ3) is 3.39. The molecule has 0 heterocycles. The molecule has 0 saturated carbocycles. The van der Waals surface area contributed by atoms with E-state index in [9.17, 15) is 14.3 Å². The molecule has 98 valence electrons. The molecule has 0 saturated heterocycles. The molecule has 0 aliphatic carbocycles. The number of benzene rings is 2. The Morgan fingerprint density at radius 2 is 1.53 bits per heavy atom. The zero-order valence-electron chi connectivity index (χ0n) is 10.2. The summed E-state index contributed by atoms with van der Waals surface area (Å²) in [4.78, 5) is 11.8. The Hall–Kier alpha value is -2.20. The Labute approximate surface area is 110 Å². The molecule has 0 bridgehead atoms. The van der Waals surface area contributed by atoms with Crippen molar-refractivity contribution in [1.29, 1.82) is 0 Å². The minimum absolute atomic E-state index is 0.323. The average molecular weight is 259 g/mol. The van der Waals surface area contributed by atoms with Crippen LogP contribution in [0.5, 0.6) is 0 Å². The average Bonchev–Trinajstić information content (AvgIpc) is 2.48. The molecular weight excluding hydrogens is 245 g/mol. The lowest BCUT2D eigenvalue weighted by atomic mass is 10.1. The maximum absolute atomic E-state index is 13.9. The first-order valence-electron chi connectivity index (χ1n) is 5.91. The zero-order chi connectivity index (χ0) is 13.7. The molecule has 2 N–H and O–H groups in total. The summed E-state index contributed by atoms with van der Waals surface area (Å²) in [7, 11) is 0. The summed E-state index contributed by atoms with van der Waals surface area (Å²) in [5.74, 6) is -0.508. The molecule has 2 atom stereocenters. The van der Waals surface area contributed by atoms with Gasteiger partial charge in [-0.25, -0.2) is 4.39 Å². The molecule has 19 heavy (non-hydrogen) atoms. The fourth-order valence-corrected chi connectivity index (χ4v) is 1.70.